The summed E-state index contributed by atoms with van der Waals surface area (Å²) >= 11 is 52.1. The first-order valence-corrected chi connectivity index (χ1v) is 22.6. The Labute approximate surface area is 408 Å². The van der Waals surface area contributed by atoms with E-state index in [9.17, 15) is 0 Å². The summed E-state index contributed by atoms with van der Waals surface area (Å²) in [7, 11) is 0. The van der Waals surface area contributed by atoms with E-state index in [1.807, 2.05) is 30.3 Å². The smallest absolute Gasteiger partial charge is 0.0944 e. The van der Waals surface area contributed by atoms with Gasteiger partial charge in [-0.15, -0.1) is 24.0 Å². The Kier molecular flexibility index (Phi) is 19.8. The van der Waals surface area contributed by atoms with Crippen molar-refractivity contribution in [1.29, 1.82) is 10.5 Å². The maximum atomic E-state index is 9.14. The molecule has 9 rings (SSSR count). The molecule has 0 bridgehead atoms. The molecule has 2 aliphatic heterocycles. The lowest BCUT2D eigenvalue weighted by molar-refractivity contribution is 0.264. The molecule has 3 saturated carbocycles. The molecule has 0 aromatic heterocycles. The Morgan fingerprint density at radius 1 is 0.689 bits per heavy atom. The largest absolute Gasteiger partial charge is 0.396 e. The van der Waals surface area contributed by atoms with Crippen LogP contribution in [0.2, 0.25) is 40.2 Å². The van der Waals surface area contributed by atoms with Gasteiger partial charge in [-0.2, -0.15) is 10.5 Å². The number of nitrogens with zero attached hydrogens (tertiary/aromatic N) is 2. The summed E-state index contributed by atoms with van der Waals surface area (Å²) in [5.41, 5.74) is 9.69. The van der Waals surface area contributed by atoms with Crippen LogP contribution in [-0.4, -0.2) is 61.7 Å². The van der Waals surface area contributed by atoms with Crippen molar-refractivity contribution in [2.45, 2.75) is 48.0 Å². The zero-order valence-corrected chi connectivity index (χ0v) is 40.2. The molecule has 328 valence electrons. The molecule has 3 aliphatic carbocycles. The Hall–Kier alpha value is -1.44. The van der Waals surface area contributed by atoms with Gasteiger partial charge in [-0.3, -0.25) is 0 Å². The molecule has 17 heteroatoms. The summed E-state index contributed by atoms with van der Waals surface area (Å²) in [4.78, 5) is 0. The number of nitrogens with two attached hydrogens (primary N) is 1. The minimum atomic E-state index is -0.553. The lowest BCUT2D eigenvalue weighted by Gasteiger charge is -2.15. The first-order valence-electron chi connectivity index (χ1n) is 19.1. The van der Waals surface area contributed by atoms with Crippen molar-refractivity contribution < 1.29 is 14.9 Å². The Bertz CT molecular complexity index is 2220. The van der Waals surface area contributed by atoms with Gasteiger partial charge in [0.15, 0.2) is 0 Å². The fourth-order valence-corrected chi connectivity index (χ4v) is 8.91. The van der Waals surface area contributed by atoms with Gasteiger partial charge in [-0.25, -0.2) is 0 Å². The van der Waals surface area contributed by atoms with Crippen molar-refractivity contribution >= 4 is 117 Å². The van der Waals surface area contributed by atoms with E-state index in [4.69, 9.17) is 136 Å². The van der Waals surface area contributed by atoms with Crippen LogP contribution >= 0.6 is 117 Å². The van der Waals surface area contributed by atoms with Crippen molar-refractivity contribution in [1.82, 2.24) is 5.32 Å². The summed E-state index contributed by atoms with van der Waals surface area (Å²) in [5.74, 6) is 1.78. The Morgan fingerprint density at radius 2 is 1.20 bits per heavy atom. The number of halogens is 10. The topological polar surface area (TPSA) is 139 Å². The predicted molar refractivity (Wildman–Crippen MR) is 254 cm³/mol. The van der Waals surface area contributed by atoms with Gasteiger partial charge in [0.05, 0.1) is 82.7 Å². The van der Waals surface area contributed by atoms with E-state index in [1.54, 1.807) is 42.5 Å². The van der Waals surface area contributed by atoms with Gasteiger partial charge in [0.2, 0.25) is 0 Å². The second kappa shape index (κ2) is 23.1. The summed E-state index contributed by atoms with van der Waals surface area (Å²) in [5, 5.41) is 43.5. The van der Waals surface area contributed by atoms with Crippen LogP contribution in [0.25, 0.3) is 0 Å². The van der Waals surface area contributed by atoms with Crippen LogP contribution in [-0.2, 0) is 27.4 Å². The Morgan fingerprint density at radius 3 is 1.57 bits per heavy atom. The van der Waals surface area contributed by atoms with Gasteiger partial charge in [0, 0.05) is 43.1 Å². The van der Waals surface area contributed by atoms with Gasteiger partial charge in [0.25, 0.3) is 0 Å². The van der Waals surface area contributed by atoms with Crippen LogP contribution in [0.3, 0.4) is 0 Å². The fraction of sp³-hybridized carbons (Fsp3) is 0.409. The molecule has 0 spiro atoms. The molecule has 5 N–H and O–H groups in total. The van der Waals surface area contributed by atoms with E-state index in [1.165, 1.54) is 12.0 Å². The number of rotatable bonds is 8. The van der Waals surface area contributed by atoms with Gasteiger partial charge >= 0.3 is 0 Å². The van der Waals surface area contributed by atoms with Crippen LogP contribution in [0, 0.1) is 40.4 Å². The maximum absolute atomic E-state index is 9.14. The number of piperidine rings is 1. The fourth-order valence-electron chi connectivity index (χ4n) is 7.52. The summed E-state index contributed by atoms with van der Waals surface area (Å²) in [6.07, 6.45) is 3.70. The van der Waals surface area contributed by atoms with E-state index in [0.29, 0.717) is 77.0 Å². The lowest BCUT2D eigenvalue weighted by atomic mass is 9.93. The van der Waals surface area contributed by atoms with Crippen LogP contribution < -0.4 is 11.1 Å². The van der Waals surface area contributed by atoms with E-state index < -0.39 is 5.41 Å². The molecule has 5 aliphatic rings. The van der Waals surface area contributed by atoms with Crippen LogP contribution in [0.15, 0.2) is 72.8 Å². The van der Waals surface area contributed by atoms with E-state index in [-0.39, 0.29) is 42.9 Å². The number of fused-ring (bicyclic) bond motifs is 1. The van der Waals surface area contributed by atoms with Crippen LogP contribution in [0.4, 0.5) is 0 Å². The minimum absolute atomic E-state index is 0. The number of benzene rings is 4. The molecule has 7 nitrogen and oxygen atoms in total. The third-order valence-corrected chi connectivity index (χ3v) is 15.0. The van der Waals surface area contributed by atoms with Gasteiger partial charge < -0.3 is 26.0 Å². The molecule has 0 unspecified atom stereocenters. The number of aliphatic hydroxyl groups is 2. The highest BCUT2D eigenvalue weighted by Gasteiger charge is 2.58. The van der Waals surface area contributed by atoms with Crippen molar-refractivity contribution in [3.05, 3.63) is 135 Å². The number of hydrogen-bond donors (Lipinski definition) is 4. The zero-order valence-electron chi connectivity index (χ0n) is 32.6. The van der Waals surface area contributed by atoms with Crippen molar-refractivity contribution in [2.75, 3.05) is 45.3 Å². The number of epoxide rings is 1. The van der Waals surface area contributed by atoms with Gasteiger partial charge in [-0.1, -0.05) is 117 Å². The van der Waals surface area contributed by atoms with E-state index in [0.717, 1.165) is 48.7 Å². The third kappa shape index (κ3) is 12.9. The second-order valence-corrected chi connectivity index (χ2v) is 18.9. The number of nitriles is 2. The number of ether oxygens (including phenoxy) is 1. The first-order chi connectivity index (χ1) is 28.7. The Balaban J connectivity index is 0.000000172. The summed E-state index contributed by atoms with van der Waals surface area (Å²) in [6.45, 7) is 3.88. The molecule has 61 heavy (non-hydrogen) atoms. The average Bonchev–Trinajstić information content (AvgIpc) is 4.12. The number of hydrogen-bond acceptors (Lipinski definition) is 7. The van der Waals surface area contributed by atoms with Crippen LogP contribution in [0.5, 0.6) is 0 Å². The van der Waals surface area contributed by atoms with Crippen molar-refractivity contribution in [3.8, 4) is 12.1 Å². The molecule has 5 fully saturated rings. The molecule has 0 amide bonds. The van der Waals surface area contributed by atoms with Crippen LogP contribution in [0.1, 0.15) is 41.5 Å². The SMILES string of the molecule is Cl.ClC[C@H]1CO1.Clc1ccc([C@@]23CNC[C@@H]2C3)cc1Cl.N#CCc1ccc(Cl)c(Cl)c1.N#C[C@@]1(c2ccc(Cl)c(Cl)c2)C[C@H]1CO.NC[C@@]1(c2ccc(Cl)c(Cl)c2)C[C@H]1CO. The van der Waals surface area contributed by atoms with Gasteiger partial charge in [0.1, 0.15) is 0 Å². The van der Waals surface area contributed by atoms with E-state index >= 15 is 0 Å². The molecular formula is C44H44Cl10N4O3. The number of nitrogens with one attached hydrogen (secondary N) is 1. The summed E-state index contributed by atoms with van der Waals surface area (Å²) in [6, 6.07) is 26.3. The average molecular weight is 1030 g/mol. The molecule has 0 radical (unpaired) electrons. The number of alkyl halides is 1. The zero-order chi connectivity index (χ0) is 43.8. The number of aliphatic hydroxyl groups excluding tert-OH is 2. The third-order valence-electron chi connectivity index (χ3n) is 11.7. The highest BCUT2D eigenvalue weighted by molar-refractivity contribution is 6.43. The lowest BCUT2D eigenvalue weighted by Crippen LogP contribution is -2.23. The van der Waals surface area contributed by atoms with Crippen molar-refractivity contribution in [3.63, 3.8) is 0 Å². The monoisotopic (exact) mass is 1030 g/mol. The van der Waals surface area contributed by atoms with E-state index in [2.05, 4.69) is 17.5 Å². The highest BCUT2D eigenvalue weighted by atomic mass is 35.5. The molecule has 4 aromatic carbocycles. The molecular weight excluding hydrogens is 987 g/mol. The maximum Gasteiger partial charge on any atom is 0.0944 e. The van der Waals surface area contributed by atoms with Gasteiger partial charge in [-0.05, 0) is 108 Å². The normalized spacial score (nSPS) is 26.5. The molecule has 4 aromatic rings. The first kappa shape index (κ1) is 52.2. The minimum Gasteiger partial charge on any atom is -0.396 e. The summed E-state index contributed by atoms with van der Waals surface area (Å²) < 4.78 is 4.73. The molecule has 7 atom stereocenters. The second-order valence-electron chi connectivity index (χ2n) is 15.4. The highest BCUT2D eigenvalue weighted by Crippen LogP contribution is 2.57. The quantitative estimate of drug-likeness (QED) is 0.102. The standard InChI is InChI=1S/C11H13Cl2NO.C11H9Cl2NO.C11H11Cl2N.C8H5Cl2N.C3H5ClO.ClH/c2*12-9-2-1-7(3-10(9)13)11(6-14)4-8(11)5-15;12-9-2-1-7(3-10(9)13)11-4-8(11)5-14-6-11;9-7-2-1-6(3-4-11)5-8(7)10;4-1-3-2-5-3;/h1-3,8,15H,4-6,14H2;1-3,8,15H,4-5H2;1-3,8,14H,4-6H2;1-2,5H,3H2;3H,1-2H2;1H/t3*8-,11+;;3-;/m000.0./s1. The van der Waals surface area contributed by atoms with Crippen molar-refractivity contribution in [2.24, 2.45) is 23.5 Å². The predicted octanol–water partition coefficient (Wildman–Crippen LogP) is 11.9. The molecule has 2 heterocycles. The molecule has 2 saturated heterocycles.